The molecular weight excluding hydrogens is 326 g/mol. The van der Waals surface area contributed by atoms with Crippen molar-refractivity contribution in [1.82, 2.24) is 5.32 Å². The van der Waals surface area contributed by atoms with Crippen LogP contribution < -0.4 is 14.8 Å². The summed E-state index contributed by atoms with van der Waals surface area (Å²) in [7, 11) is 0. The molecule has 1 aliphatic rings. The van der Waals surface area contributed by atoms with Gasteiger partial charge in [0.05, 0.1) is 4.88 Å². The number of hydrogen-bond donors (Lipinski definition) is 1. The first kappa shape index (κ1) is 16.5. The fourth-order valence-electron chi connectivity index (χ4n) is 2.47. The van der Waals surface area contributed by atoms with Crippen LogP contribution in [0, 0.1) is 6.92 Å². The number of carbonyl (C=O) groups excluding carboxylic acids is 2. The molecule has 1 aliphatic heterocycles. The van der Waals surface area contributed by atoms with E-state index in [1.165, 1.54) is 11.3 Å². The molecule has 0 atom stereocenters. The molecule has 0 radical (unpaired) electrons. The average Bonchev–Trinajstić information content (AvgIpc) is 3.21. The molecule has 2 aromatic rings. The standard InChI is InChI=1S/C18H19NO4S/c1-12-2-6-17(24-12)14(20)4-7-18(21)19-9-8-13-3-5-15-16(10-13)23-11-22-15/h2-3,5-6,10H,4,7-9,11H2,1H3,(H,19,21). The van der Waals surface area contributed by atoms with E-state index in [0.717, 1.165) is 26.8 Å². The van der Waals surface area contributed by atoms with Gasteiger partial charge in [-0.3, -0.25) is 9.59 Å². The highest BCUT2D eigenvalue weighted by Gasteiger charge is 2.13. The third kappa shape index (κ3) is 4.14. The second kappa shape index (κ2) is 7.49. The van der Waals surface area contributed by atoms with Gasteiger partial charge < -0.3 is 14.8 Å². The molecule has 0 fully saturated rings. The van der Waals surface area contributed by atoms with Gasteiger partial charge in [0.15, 0.2) is 17.3 Å². The maximum atomic E-state index is 12.0. The lowest BCUT2D eigenvalue weighted by Gasteiger charge is -2.06. The largest absolute Gasteiger partial charge is 0.454 e. The van der Waals surface area contributed by atoms with Crippen molar-refractivity contribution in [2.24, 2.45) is 0 Å². The molecule has 5 nitrogen and oxygen atoms in total. The van der Waals surface area contributed by atoms with Crippen LogP contribution >= 0.6 is 11.3 Å². The van der Waals surface area contributed by atoms with E-state index in [-0.39, 0.29) is 31.3 Å². The van der Waals surface area contributed by atoms with Crippen LogP contribution in [-0.4, -0.2) is 25.0 Å². The molecule has 1 aromatic heterocycles. The highest BCUT2D eigenvalue weighted by Crippen LogP contribution is 2.32. The first-order valence-electron chi connectivity index (χ1n) is 7.87. The minimum Gasteiger partial charge on any atom is -0.454 e. The number of aryl methyl sites for hydroxylation is 1. The number of ketones is 1. The number of rotatable bonds is 7. The molecule has 0 saturated heterocycles. The summed E-state index contributed by atoms with van der Waals surface area (Å²) in [4.78, 5) is 25.7. The van der Waals surface area contributed by atoms with E-state index < -0.39 is 0 Å². The van der Waals surface area contributed by atoms with E-state index >= 15 is 0 Å². The Hall–Kier alpha value is -2.34. The zero-order valence-electron chi connectivity index (χ0n) is 13.5. The Balaban J connectivity index is 1.39. The molecule has 1 aromatic carbocycles. The first-order valence-corrected chi connectivity index (χ1v) is 8.68. The molecule has 1 amide bonds. The number of thiophene rings is 1. The monoisotopic (exact) mass is 345 g/mol. The molecule has 2 heterocycles. The van der Waals surface area contributed by atoms with Gasteiger partial charge in [-0.2, -0.15) is 0 Å². The minimum atomic E-state index is -0.0997. The molecule has 0 aliphatic carbocycles. The highest BCUT2D eigenvalue weighted by molar-refractivity contribution is 7.14. The lowest BCUT2D eigenvalue weighted by atomic mass is 10.1. The molecule has 0 bridgehead atoms. The van der Waals surface area contributed by atoms with Gasteiger partial charge in [0.25, 0.3) is 0 Å². The minimum absolute atomic E-state index is 0.0269. The van der Waals surface area contributed by atoms with Crippen molar-refractivity contribution in [2.45, 2.75) is 26.2 Å². The third-order valence-corrected chi connectivity index (χ3v) is 4.81. The fourth-order valence-corrected chi connectivity index (χ4v) is 3.30. The molecule has 24 heavy (non-hydrogen) atoms. The summed E-state index contributed by atoms with van der Waals surface area (Å²) in [5.41, 5.74) is 1.07. The Morgan fingerprint density at radius 2 is 1.96 bits per heavy atom. The van der Waals surface area contributed by atoms with Gasteiger partial charge in [-0.25, -0.2) is 0 Å². The van der Waals surface area contributed by atoms with Crippen molar-refractivity contribution in [1.29, 1.82) is 0 Å². The lowest BCUT2D eigenvalue weighted by molar-refractivity contribution is -0.121. The summed E-state index contributed by atoms with van der Waals surface area (Å²) >= 11 is 1.47. The van der Waals surface area contributed by atoms with Crippen LogP contribution in [0.1, 0.15) is 33.0 Å². The second-order valence-electron chi connectivity index (χ2n) is 5.62. The molecule has 6 heteroatoms. The van der Waals surface area contributed by atoms with Crippen LogP contribution in [0.15, 0.2) is 30.3 Å². The van der Waals surface area contributed by atoms with Gasteiger partial charge in [0, 0.05) is 24.3 Å². The molecular formula is C18H19NO4S. The second-order valence-corrected chi connectivity index (χ2v) is 6.91. The number of benzene rings is 1. The number of hydrogen-bond acceptors (Lipinski definition) is 5. The van der Waals surface area contributed by atoms with E-state index in [4.69, 9.17) is 9.47 Å². The number of nitrogens with one attached hydrogen (secondary N) is 1. The lowest BCUT2D eigenvalue weighted by Crippen LogP contribution is -2.26. The van der Waals surface area contributed by atoms with Gasteiger partial charge in [-0.1, -0.05) is 6.07 Å². The maximum Gasteiger partial charge on any atom is 0.231 e. The van der Waals surface area contributed by atoms with Crippen molar-refractivity contribution in [3.05, 3.63) is 45.6 Å². The molecule has 1 N–H and O–H groups in total. The molecule has 0 saturated carbocycles. The number of Topliss-reactive ketones (excluding diaryl/α,β-unsaturated/α-hetero) is 1. The summed E-state index contributed by atoms with van der Waals surface area (Å²) in [5, 5.41) is 2.85. The van der Waals surface area contributed by atoms with Crippen LogP contribution in [0.4, 0.5) is 0 Å². The molecule has 126 valence electrons. The maximum absolute atomic E-state index is 12.0. The zero-order chi connectivity index (χ0) is 16.9. The van der Waals surface area contributed by atoms with Crippen LogP contribution in [0.3, 0.4) is 0 Å². The number of ether oxygens (including phenoxy) is 2. The SMILES string of the molecule is Cc1ccc(C(=O)CCC(=O)NCCc2ccc3c(c2)OCO3)s1. The van der Waals surface area contributed by atoms with Gasteiger partial charge in [-0.15, -0.1) is 11.3 Å². The van der Waals surface area contributed by atoms with Crippen LogP contribution in [0.5, 0.6) is 11.5 Å². The Bertz CT molecular complexity index is 753. The molecule has 0 unspecified atom stereocenters. The van der Waals surface area contributed by atoms with Crippen LogP contribution in [0.25, 0.3) is 0 Å². The van der Waals surface area contributed by atoms with Crippen molar-refractivity contribution in [2.75, 3.05) is 13.3 Å². The quantitative estimate of drug-likeness (QED) is 0.783. The van der Waals surface area contributed by atoms with Crippen molar-refractivity contribution < 1.29 is 19.1 Å². The van der Waals surface area contributed by atoms with E-state index in [9.17, 15) is 9.59 Å². The van der Waals surface area contributed by atoms with E-state index in [1.54, 1.807) is 0 Å². The Labute approximate surface area is 144 Å². The van der Waals surface area contributed by atoms with Crippen molar-refractivity contribution in [3.63, 3.8) is 0 Å². The van der Waals surface area contributed by atoms with E-state index in [0.29, 0.717) is 13.0 Å². The Kier molecular flexibility index (Phi) is 5.15. The smallest absolute Gasteiger partial charge is 0.231 e. The van der Waals surface area contributed by atoms with E-state index in [2.05, 4.69) is 5.32 Å². The van der Waals surface area contributed by atoms with Gasteiger partial charge >= 0.3 is 0 Å². The van der Waals surface area contributed by atoms with Gasteiger partial charge in [0.2, 0.25) is 12.7 Å². The summed E-state index contributed by atoms with van der Waals surface area (Å²) in [6, 6.07) is 9.50. The topological polar surface area (TPSA) is 64.6 Å². The number of amides is 1. The van der Waals surface area contributed by atoms with Crippen molar-refractivity contribution in [3.8, 4) is 11.5 Å². The van der Waals surface area contributed by atoms with Crippen LogP contribution in [-0.2, 0) is 11.2 Å². The fraction of sp³-hybridized carbons (Fsp3) is 0.333. The zero-order valence-corrected chi connectivity index (χ0v) is 14.3. The third-order valence-electron chi connectivity index (χ3n) is 3.77. The summed E-state index contributed by atoms with van der Waals surface area (Å²) in [6.45, 7) is 2.75. The van der Waals surface area contributed by atoms with Crippen LogP contribution in [0.2, 0.25) is 0 Å². The predicted octanol–water partition coefficient (Wildman–Crippen LogP) is 3.11. The molecule has 3 rings (SSSR count). The molecule has 0 spiro atoms. The average molecular weight is 345 g/mol. The number of fused-ring (bicyclic) bond motifs is 1. The predicted molar refractivity (Wildman–Crippen MR) is 91.9 cm³/mol. The highest BCUT2D eigenvalue weighted by atomic mass is 32.1. The summed E-state index contributed by atoms with van der Waals surface area (Å²) in [6.07, 6.45) is 1.17. The Morgan fingerprint density at radius 1 is 1.12 bits per heavy atom. The normalized spacial score (nSPS) is 12.2. The summed E-state index contributed by atoms with van der Waals surface area (Å²) < 4.78 is 10.6. The Morgan fingerprint density at radius 3 is 2.75 bits per heavy atom. The van der Waals surface area contributed by atoms with Gasteiger partial charge in [-0.05, 0) is 43.2 Å². The van der Waals surface area contributed by atoms with E-state index in [1.807, 2.05) is 37.3 Å². The van der Waals surface area contributed by atoms with Gasteiger partial charge in [0.1, 0.15) is 0 Å². The first-order chi connectivity index (χ1) is 11.6. The van der Waals surface area contributed by atoms with Crippen molar-refractivity contribution >= 4 is 23.0 Å². The summed E-state index contributed by atoms with van der Waals surface area (Å²) in [5.74, 6) is 1.43. The number of carbonyl (C=O) groups is 2.